The lowest BCUT2D eigenvalue weighted by molar-refractivity contribution is 0.386. The van der Waals surface area contributed by atoms with E-state index in [1.54, 1.807) is 18.2 Å². The highest BCUT2D eigenvalue weighted by Gasteiger charge is 2.17. The maximum Gasteiger partial charge on any atom is 0.165 e. The van der Waals surface area contributed by atoms with Gasteiger partial charge in [-0.3, -0.25) is 0 Å². The van der Waals surface area contributed by atoms with Gasteiger partial charge in [-0.05, 0) is 30.7 Å². The van der Waals surface area contributed by atoms with Crippen molar-refractivity contribution in [3.63, 3.8) is 0 Å². The minimum Gasteiger partial charge on any atom is -0.494 e. The summed E-state index contributed by atoms with van der Waals surface area (Å²) < 4.78 is 32.2. The maximum absolute atomic E-state index is 13.7. The molecule has 0 saturated heterocycles. The molecule has 0 radical (unpaired) electrons. The number of aryl methyl sites for hydroxylation is 1. The van der Waals surface area contributed by atoms with E-state index in [2.05, 4.69) is 0 Å². The fraction of sp³-hybridized carbons (Fsp3) is 0.200. The minimum atomic E-state index is -0.736. The van der Waals surface area contributed by atoms with Crippen LogP contribution in [-0.4, -0.2) is 7.11 Å². The van der Waals surface area contributed by atoms with E-state index in [1.165, 1.54) is 25.3 Å². The average molecular weight is 283 g/mol. The molecule has 1 nitrogen and oxygen atoms in total. The van der Waals surface area contributed by atoms with Gasteiger partial charge in [-0.2, -0.15) is 0 Å². The van der Waals surface area contributed by atoms with Crippen LogP contribution in [0.15, 0.2) is 36.4 Å². The normalized spacial score (nSPS) is 12.3. The molecule has 0 N–H and O–H groups in total. The van der Waals surface area contributed by atoms with Crippen molar-refractivity contribution in [1.82, 2.24) is 0 Å². The first-order valence-corrected chi connectivity index (χ1v) is 6.20. The first kappa shape index (κ1) is 13.8. The summed E-state index contributed by atoms with van der Waals surface area (Å²) in [5, 5.41) is -0.736. The van der Waals surface area contributed by atoms with Gasteiger partial charge in [0, 0.05) is 5.56 Å². The van der Waals surface area contributed by atoms with Gasteiger partial charge in [-0.15, -0.1) is 11.6 Å². The Balaban J connectivity index is 2.41. The van der Waals surface area contributed by atoms with Crippen molar-refractivity contribution in [1.29, 1.82) is 0 Å². The van der Waals surface area contributed by atoms with Crippen molar-refractivity contribution < 1.29 is 13.5 Å². The number of hydrogen-bond acceptors (Lipinski definition) is 1. The molecule has 19 heavy (non-hydrogen) atoms. The van der Waals surface area contributed by atoms with Crippen LogP contribution < -0.4 is 4.74 Å². The number of rotatable bonds is 3. The molecular formula is C15H13ClF2O. The van der Waals surface area contributed by atoms with Gasteiger partial charge in [-0.25, -0.2) is 8.78 Å². The van der Waals surface area contributed by atoms with E-state index in [9.17, 15) is 8.78 Å². The maximum atomic E-state index is 13.7. The second-order valence-electron chi connectivity index (χ2n) is 4.28. The first-order chi connectivity index (χ1) is 9.02. The third kappa shape index (κ3) is 2.87. The molecule has 0 fully saturated rings. The molecule has 0 aliphatic carbocycles. The zero-order chi connectivity index (χ0) is 14.0. The summed E-state index contributed by atoms with van der Waals surface area (Å²) in [4.78, 5) is 0. The molecule has 100 valence electrons. The second-order valence-corrected chi connectivity index (χ2v) is 4.72. The lowest BCUT2D eigenvalue weighted by atomic mass is 10.0. The Morgan fingerprint density at radius 2 is 1.79 bits per heavy atom. The molecule has 0 heterocycles. The Bertz CT molecular complexity index is 599. The number of benzene rings is 2. The molecule has 0 aliphatic rings. The third-order valence-electron chi connectivity index (χ3n) is 2.89. The summed E-state index contributed by atoms with van der Waals surface area (Å²) in [6.07, 6.45) is 0. The van der Waals surface area contributed by atoms with Crippen LogP contribution in [0.4, 0.5) is 8.78 Å². The zero-order valence-corrected chi connectivity index (χ0v) is 11.3. The van der Waals surface area contributed by atoms with Gasteiger partial charge < -0.3 is 4.74 Å². The second kappa shape index (κ2) is 5.57. The van der Waals surface area contributed by atoms with E-state index in [0.29, 0.717) is 11.1 Å². The summed E-state index contributed by atoms with van der Waals surface area (Å²) in [6, 6.07) is 9.06. The predicted octanol–water partition coefficient (Wildman–Crippen LogP) is 4.61. The number of alkyl halides is 1. The van der Waals surface area contributed by atoms with Gasteiger partial charge in [0.2, 0.25) is 0 Å². The van der Waals surface area contributed by atoms with Gasteiger partial charge in [0.1, 0.15) is 5.82 Å². The smallest absolute Gasteiger partial charge is 0.165 e. The molecule has 2 aromatic rings. The molecule has 2 aromatic carbocycles. The Kier molecular flexibility index (Phi) is 4.05. The van der Waals surface area contributed by atoms with Crippen LogP contribution in [0.2, 0.25) is 0 Å². The molecule has 0 saturated carbocycles. The number of methoxy groups -OCH3 is 1. The molecule has 0 bridgehead atoms. The van der Waals surface area contributed by atoms with Crippen molar-refractivity contribution >= 4 is 11.6 Å². The lowest BCUT2D eigenvalue weighted by Gasteiger charge is -2.13. The first-order valence-electron chi connectivity index (χ1n) is 5.76. The number of halogens is 3. The van der Waals surface area contributed by atoms with Crippen molar-refractivity contribution in [2.45, 2.75) is 12.3 Å². The molecular weight excluding hydrogens is 270 g/mol. The van der Waals surface area contributed by atoms with Gasteiger partial charge in [0.15, 0.2) is 11.6 Å². The molecule has 1 atom stereocenters. The van der Waals surface area contributed by atoms with E-state index < -0.39 is 17.0 Å². The van der Waals surface area contributed by atoms with Crippen LogP contribution >= 0.6 is 11.6 Å². The van der Waals surface area contributed by atoms with Crippen LogP contribution in [0.5, 0.6) is 5.75 Å². The highest BCUT2D eigenvalue weighted by molar-refractivity contribution is 6.22. The quantitative estimate of drug-likeness (QED) is 0.747. The van der Waals surface area contributed by atoms with Crippen LogP contribution in [-0.2, 0) is 0 Å². The van der Waals surface area contributed by atoms with Crippen LogP contribution in [0, 0.1) is 18.6 Å². The third-order valence-corrected chi connectivity index (χ3v) is 3.38. The molecule has 0 spiro atoms. The zero-order valence-electron chi connectivity index (χ0n) is 10.6. The summed E-state index contributed by atoms with van der Waals surface area (Å²) in [6.45, 7) is 1.85. The van der Waals surface area contributed by atoms with E-state index in [1.807, 2.05) is 6.92 Å². The van der Waals surface area contributed by atoms with Crippen molar-refractivity contribution in [3.05, 3.63) is 64.7 Å². The summed E-state index contributed by atoms with van der Waals surface area (Å²) >= 11 is 6.23. The van der Waals surface area contributed by atoms with Gasteiger partial charge >= 0.3 is 0 Å². The Hall–Kier alpha value is -1.61. The highest BCUT2D eigenvalue weighted by atomic mass is 35.5. The molecule has 4 heteroatoms. The van der Waals surface area contributed by atoms with E-state index in [0.717, 1.165) is 5.56 Å². The van der Waals surface area contributed by atoms with Crippen molar-refractivity contribution in [3.8, 4) is 5.75 Å². The summed E-state index contributed by atoms with van der Waals surface area (Å²) in [5.41, 5.74) is 1.73. The van der Waals surface area contributed by atoms with Gasteiger partial charge in [0.05, 0.1) is 12.5 Å². The molecule has 0 amide bonds. The number of ether oxygens (including phenoxy) is 1. The highest BCUT2D eigenvalue weighted by Crippen LogP contribution is 2.33. The lowest BCUT2D eigenvalue weighted by Crippen LogP contribution is -1.99. The average Bonchev–Trinajstić information content (AvgIpc) is 2.40. The fourth-order valence-electron chi connectivity index (χ4n) is 1.88. The summed E-state index contributed by atoms with van der Waals surface area (Å²) in [5.74, 6) is -0.780. The van der Waals surface area contributed by atoms with Crippen LogP contribution in [0.3, 0.4) is 0 Å². The molecule has 2 rings (SSSR count). The predicted molar refractivity (Wildman–Crippen MR) is 71.8 cm³/mol. The van der Waals surface area contributed by atoms with E-state index >= 15 is 0 Å². The van der Waals surface area contributed by atoms with E-state index in [-0.39, 0.29) is 5.75 Å². The van der Waals surface area contributed by atoms with Gasteiger partial charge in [0.25, 0.3) is 0 Å². The fourth-order valence-corrected chi connectivity index (χ4v) is 2.18. The topological polar surface area (TPSA) is 9.23 Å². The SMILES string of the molecule is COc1ccc(C(Cl)c2cc(C)ccc2F)cc1F. The standard InChI is InChI=1S/C15H13ClF2O/c1-9-3-5-12(17)11(7-9)15(16)10-4-6-14(19-2)13(18)8-10/h3-8,15H,1-2H3. The Morgan fingerprint density at radius 3 is 2.42 bits per heavy atom. The van der Waals surface area contributed by atoms with Crippen molar-refractivity contribution in [2.24, 2.45) is 0 Å². The molecule has 0 aromatic heterocycles. The van der Waals surface area contributed by atoms with Crippen LogP contribution in [0.25, 0.3) is 0 Å². The largest absolute Gasteiger partial charge is 0.494 e. The molecule has 1 unspecified atom stereocenters. The Labute approximate surface area is 115 Å². The number of hydrogen-bond donors (Lipinski definition) is 0. The Morgan fingerprint density at radius 1 is 1.05 bits per heavy atom. The van der Waals surface area contributed by atoms with Crippen molar-refractivity contribution in [2.75, 3.05) is 7.11 Å². The van der Waals surface area contributed by atoms with E-state index in [4.69, 9.17) is 16.3 Å². The van der Waals surface area contributed by atoms with Crippen LogP contribution in [0.1, 0.15) is 22.1 Å². The summed E-state index contributed by atoms with van der Waals surface area (Å²) in [7, 11) is 1.39. The van der Waals surface area contributed by atoms with Gasteiger partial charge in [-0.1, -0.05) is 23.8 Å². The monoisotopic (exact) mass is 282 g/mol. The minimum absolute atomic E-state index is 0.136. The molecule has 0 aliphatic heterocycles.